The van der Waals surface area contributed by atoms with Crippen LogP contribution in [-0.4, -0.2) is 57.5 Å². The molecule has 2 unspecified atom stereocenters. The topological polar surface area (TPSA) is 97.5 Å². The van der Waals surface area contributed by atoms with Gasteiger partial charge >= 0.3 is 0 Å². The molecule has 2 fully saturated rings. The highest BCUT2D eigenvalue weighted by Gasteiger charge is 2.44. The zero-order chi connectivity index (χ0) is 13.6. The Morgan fingerprint density at radius 3 is 2.33 bits per heavy atom. The van der Waals surface area contributed by atoms with E-state index in [1.165, 1.54) is 11.4 Å². The Labute approximate surface area is 108 Å². The first kappa shape index (κ1) is 14.2. The molecule has 2 atom stereocenters. The van der Waals surface area contributed by atoms with Gasteiger partial charge in [-0.1, -0.05) is 0 Å². The fraction of sp³-hybridized carbons (Fsp3) is 1.00. The molecule has 0 aromatic rings. The van der Waals surface area contributed by atoms with Crippen molar-refractivity contribution in [2.24, 2.45) is 11.7 Å². The molecule has 2 aliphatic rings. The van der Waals surface area contributed by atoms with E-state index in [1.807, 2.05) is 0 Å². The minimum atomic E-state index is -3.55. The monoisotopic (exact) mass is 296 g/mol. The van der Waals surface area contributed by atoms with Gasteiger partial charge in [-0.05, 0) is 25.2 Å². The van der Waals surface area contributed by atoms with E-state index in [1.54, 1.807) is 0 Å². The number of hydrogen-bond donors (Lipinski definition) is 1. The maximum absolute atomic E-state index is 12.4. The number of likely N-dealkylation sites (N-methyl/N-ethyl adjacent to an activating group) is 1. The second-order valence-electron chi connectivity index (χ2n) is 5.23. The molecule has 1 aliphatic heterocycles. The summed E-state index contributed by atoms with van der Waals surface area (Å²) in [5.74, 6) is 0.0658. The normalized spacial score (nSPS) is 29.6. The molecule has 0 aromatic heterocycles. The number of sulfonamides is 1. The number of nitrogens with zero attached hydrogens (tertiary/aromatic N) is 1. The average Bonchev–Trinajstić information content (AvgIpc) is 3.03. The molecular weight excluding hydrogens is 276 g/mol. The Hall–Kier alpha value is -0.180. The van der Waals surface area contributed by atoms with Crippen LogP contribution in [0.5, 0.6) is 0 Å². The van der Waals surface area contributed by atoms with Crippen molar-refractivity contribution in [2.75, 3.05) is 25.1 Å². The number of sulfone groups is 1. The quantitative estimate of drug-likeness (QED) is 0.714. The highest BCUT2D eigenvalue weighted by atomic mass is 32.2. The van der Waals surface area contributed by atoms with Crippen molar-refractivity contribution < 1.29 is 16.8 Å². The van der Waals surface area contributed by atoms with Crippen LogP contribution in [0.1, 0.15) is 19.3 Å². The van der Waals surface area contributed by atoms with Gasteiger partial charge in [0.2, 0.25) is 10.0 Å². The van der Waals surface area contributed by atoms with E-state index in [-0.39, 0.29) is 24.0 Å². The maximum Gasteiger partial charge on any atom is 0.218 e. The van der Waals surface area contributed by atoms with Crippen molar-refractivity contribution in [2.45, 2.75) is 30.6 Å². The standard InChI is InChI=1S/C10H20N2O4S2/c1-12(10(6-11)8-2-3-8)18(15,16)9-4-5-17(13,14)7-9/h8-10H,2-7,11H2,1H3. The van der Waals surface area contributed by atoms with E-state index in [2.05, 4.69) is 0 Å². The zero-order valence-corrected chi connectivity index (χ0v) is 12.1. The molecular formula is C10H20N2O4S2. The molecule has 18 heavy (non-hydrogen) atoms. The number of hydrogen-bond acceptors (Lipinski definition) is 5. The molecule has 2 rings (SSSR count). The van der Waals surface area contributed by atoms with Crippen LogP contribution >= 0.6 is 0 Å². The summed E-state index contributed by atoms with van der Waals surface area (Å²) >= 11 is 0. The zero-order valence-electron chi connectivity index (χ0n) is 10.4. The van der Waals surface area contributed by atoms with Gasteiger partial charge in [-0.2, -0.15) is 0 Å². The minimum Gasteiger partial charge on any atom is -0.329 e. The second-order valence-corrected chi connectivity index (χ2v) is 9.73. The van der Waals surface area contributed by atoms with Crippen LogP contribution in [0, 0.1) is 5.92 Å². The summed E-state index contributed by atoms with van der Waals surface area (Å²) in [4.78, 5) is 0. The number of rotatable bonds is 5. The van der Waals surface area contributed by atoms with E-state index in [9.17, 15) is 16.8 Å². The molecule has 2 N–H and O–H groups in total. The SMILES string of the molecule is CN(C(CN)C1CC1)S(=O)(=O)C1CCS(=O)(=O)C1. The summed E-state index contributed by atoms with van der Waals surface area (Å²) in [7, 11) is -5.21. The largest absolute Gasteiger partial charge is 0.329 e. The highest BCUT2D eigenvalue weighted by molar-refractivity contribution is 7.95. The van der Waals surface area contributed by atoms with E-state index >= 15 is 0 Å². The third kappa shape index (κ3) is 2.71. The number of nitrogens with two attached hydrogens (primary N) is 1. The minimum absolute atomic E-state index is 0.0263. The van der Waals surface area contributed by atoms with Gasteiger partial charge in [-0.15, -0.1) is 0 Å². The predicted molar refractivity (Wildman–Crippen MR) is 69.3 cm³/mol. The first-order valence-corrected chi connectivity index (χ1v) is 9.48. The lowest BCUT2D eigenvalue weighted by atomic mass is 10.2. The Bertz CT molecular complexity index is 510. The third-order valence-corrected chi connectivity index (χ3v) is 8.19. The molecule has 1 saturated carbocycles. The summed E-state index contributed by atoms with van der Waals surface area (Å²) in [6, 6.07) is -0.182. The van der Waals surface area contributed by atoms with Gasteiger partial charge in [0.15, 0.2) is 9.84 Å². The van der Waals surface area contributed by atoms with Gasteiger partial charge in [-0.3, -0.25) is 0 Å². The second kappa shape index (κ2) is 4.73. The van der Waals surface area contributed by atoms with Crippen molar-refractivity contribution in [3.05, 3.63) is 0 Å². The van der Waals surface area contributed by atoms with Gasteiger partial charge in [0.05, 0.1) is 16.8 Å². The molecule has 1 aliphatic carbocycles. The van der Waals surface area contributed by atoms with E-state index < -0.39 is 25.1 Å². The average molecular weight is 296 g/mol. The fourth-order valence-corrected chi connectivity index (χ4v) is 7.06. The van der Waals surface area contributed by atoms with Crippen molar-refractivity contribution in [3.63, 3.8) is 0 Å². The van der Waals surface area contributed by atoms with E-state index in [0.29, 0.717) is 12.5 Å². The first-order valence-electron chi connectivity index (χ1n) is 6.15. The van der Waals surface area contributed by atoms with Gasteiger partial charge in [0.25, 0.3) is 0 Å². The fourth-order valence-electron chi connectivity index (χ4n) is 2.54. The molecule has 1 saturated heterocycles. The van der Waals surface area contributed by atoms with Crippen LogP contribution in [0.4, 0.5) is 0 Å². The summed E-state index contributed by atoms with van der Waals surface area (Å²) < 4.78 is 48.8. The molecule has 0 spiro atoms. The molecule has 0 radical (unpaired) electrons. The van der Waals surface area contributed by atoms with E-state index in [4.69, 9.17) is 5.73 Å². The Balaban J connectivity index is 2.15. The molecule has 8 heteroatoms. The van der Waals surface area contributed by atoms with Crippen molar-refractivity contribution in [1.82, 2.24) is 4.31 Å². The maximum atomic E-state index is 12.4. The van der Waals surface area contributed by atoms with Gasteiger partial charge in [-0.25, -0.2) is 21.1 Å². The molecule has 106 valence electrons. The van der Waals surface area contributed by atoms with Crippen LogP contribution < -0.4 is 5.73 Å². The Morgan fingerprint density at radius 2 is 1.94 bits per heavy atom. The van der Waals surface area contributed by atoms with Crippen LogP contribution in [0.25, 0.3) is 0 Å². The lowest BCUT2D eigenvalue weighted by Gasteiger charge is -2.28. The van der Waals surface area contributed by atoms with Crippen LogP contribution in [0.2, 0.25) is 0 Å². The van der Waals surface area contributed by atoms with Crippen LogP contribution in [0.15, 0.2) is 0 Å². The molecule has 0 bridgehead atoms. The smallest absolute Gasteiger partial charge is 0.218 e. The summed E-state index contributed by atoms with van der Waals surface area (Å²) in [6.45, 7) is 0.292. The molecule has 1 heterocycles. The first-order chi connectivity index (χ1) is 8.28. The molecule has 0 aromatic carbocycles. The predicted octanol–water partition coefficient (Wildman–Crippen LogP) is -0.828. The van der Waals surface area contributed by atoms with Crippen LogP contribution in [0.3, 0.4) is 0 Å². The van der Waals surface area contributed by atoms with Crippen molar-refractivity contribution in [3.8, 4) is 0 Å². The Kier molecular flexibility index (Phi) is 3.74. The lowest BCUT2D eigenvalue weighted by Crippen LogP contribution is -2.47. The van der Waals surface area contributed by atoms with E-state index in [0.717, 1.165) is 12.8 Å². The van der Waals surface area contributed by atoms with Crippen LogP contribution in [-0.2, 0) is 19.9 Å². The Morgan fingerprint density at radius 1 is 1.33 bits per heavy atom. The summed E-state index contributed by atoms with van der Waals surface area (Å²) in [5, 5.41) is -0.791. The van der Waals surface area contributed by atoms with Crippen molar-refractivity contribution >= 4 is 19.9 Å². The van der Waals surface area contributed by atoms with Gasteiger partial charge in [0.1, 0.15) is 0 Å². The van der Waals surface area contributed by atoms with Gasteiger partial charge < -0.3 is 5.73 Å². The summed E-state index contributed by atoms with van der Waals surface area (Å²) in [6.07, 6.45) is 2.21. The summed E-state index contributed by atoms with van der Waals surface area (Å²) in [5.41, 5.74) is 5.64. The lowest BCUT2D eigenvalue weighted by molar-refractivity contribution is 0.337. The highest BCUT2D eigenvalue weighted by Crippen LogP contribution is 2.36. The molecule has 6 nitrogen and oxygen atoms in total. The molecule has 0 amide bonds. The van der Waals surface area contributed by atoms with Crippen molar-refractivity contribution in [1.29, 1.82) is 0 Å². The van der Waals surface area contributed by atoms with Gasteiger partial charge in [0, 0.05) is 19.6 Å². The third-order valence-electron chi connectivity index (χ3n) is 3.89.